The summed E-state index contributed by atoms with van der Waals surface area (Å²) < 4.78 is 25.5. The molecule has 0 saturated heterocycles. The predicted octanol–water partition coefficient (Wildman–Crippen LogP) is 0.526. The standard InChI is InChI=1S/C8H10F2N2O/c1-8(11,4-13)7-6(10)2-5(9)3-12-7/h2-3,13H,4,11H2,1H3/t8-/m0/s1. The zero-order chi connectivity index (χ0) is 10.1. The highest BCUT2D eigenvalue weighted by atomic mass is 19.1. The fourth-order valence-electron chi connectivity index (χ4n) is 0.910. The topological polar surface area (TPSA) is 59.1 Å². The number of hydrogen-bond donors (Lipinski definition) is 2. The first-order valence-corrected chi connectivity index (χ1v) is 3.68. The van der Waals surface area contributed by atoms with Crippen molar-refractivity contribution < 1.29 is 13.9 Å². The second-order valence-electron chi connectivity index (χ2n) is 3.06. The first kappa shape index (κ1) is 10.0. The van der Waals surface area contributed by atoms with Crippen LogP contribution in [0.25, 0.3) is 0 Å². The third-order valence-electron chi connectivity index (χ3n) is 1.68. The van der Waals surface area contributed by atoms with Gasteiger partial charge in [-0.1, -0.05) is 0 Å². The molecule has 0 aliphatic heterocycles. The normalized spacial score (nSPS) is 15.5. The Bertz CT molecular complexity index is 315. The Morgan fingerprint density at radius 2 is 2.23 bits per heavy atom. The Balaban J connectivity index is 3.16. The van der Waals surface area contributed by atoms with Crippen LogP contribution in [0.2, 0.25) is 0 Å². The summed E-state index contributed by atoms with van der Waals surface area (Å²) in [4.78, 5) is 3.49. The highest BCUT2D eigenvalue weighted by Gasteiger charge is 2.25. The van der Waals surface area contributed by atoms with Crippen LogP contribution in [0.5, 0.6) is 0 Å². The molecule has 72 valence electrons. The molecule has 0 radical (unpaired) electrons. The van der Waals surface area contributed by atoms with Crippen molar-refractivity contribution in [1.82, 2.24) is 4.98 Å². The van der Waals surface area contributed by atoms with E-state index in [1.807, 2.05) is 0 Å². The summed E-state index contributed by atoms with van der Waals surface area (Å²) >= 11 is 0. The molecular formula is C8H10F2N2O. The van der Waals surface area contributed by atoms with Crippen LogP contribution in [0.4, 0.5) is 8.78 Å². The van der Waals surface area contributed by atoms with Crippen molar-refractivity contribution in [2.45, 2.75) is 12.5 Å². The molecule has 1 atom stereocenters. The minimum absolute atomic E-state index is 0.142. The van der Waals surface area contributed by atoms with Gasteiger partial charge in [-0.3, -0.25) is 4.98 Å². The molecule has 0 spiro atoms. The molecule has 5 heteroatoms. The van der Waals surface area contributed by atoms with Gasteiger partial charge in [0.1, 0.15) is 11.6 Å². The van der Waals surface area contributed by atoms with Crippen LogP contribution in [0.15, 0.2) is 12.3 Å². The van der Waals surface area contributed by atoms with Gasteiger partial charge in [-0.15, -0.1) is 0 Å². The van der Waals surface area contributed by atoms with Crippen LogP contribution in [0.3, 0.4) is 0 Å². The lowest BCUT2D eigenvalue weighted by Gasteiger charge is -2.21. The molecule has 1 aromatic rings. The highest BCUT2D eigenvalue weighted by molar-refractivity contribution is 5.17. The van der Waals surface area contributed by atoms with Crippen molar-refractivity contribution in [2.75, 3.05) is 6.61 Å². The van der Waals surface area contributed by atoms with Crippen LogP contribution in [-0.2, 0) is 5.54 Å². The monoisotopic (exact) mass is 188 g/mol. The van der Waals surface area contributed by atoms with E-state index in [9.17, 15) is 8.78 Å². The average Bonchev–Trinajstić information content (AvgIpc) is 2.03. The van der Waals surface area contributed by atoms with Crippen LogP contribution >= 0.6 is 0 Å². The number of aromatic nitrogens is 1. The van der Waals surface area contributed by atoms with Gasteiger partial charge in [-0.25, -0.2) is 8.78 Å². The summed E-state index contributed by atoms with van der Waals surface area (Å²) in [6.07, 6.45) is 0.860. The van der Waals surface area contributed by atoms with E-state index in [-0.39, 0.29) is 5.69 Å². The zero-order valence-corrected chi connectivity index (χ0v) is 7.09. The minimum Gasteiger partial charge on any atom is -0.394 e. The van der Waals surface area contributed by atoms with Gasteiger partial charge in [0.25, 0.3) is 0 Å². The molecule has 0 amide bonds. The number of hydrogen-bond acceptors (Lipinski definition) is 3. The molecule has 0 unspecified atom stereocenters. The van der Waals surface area contributed by atoms with Crippen molar-refractivity contribution in [2.24, 2.45) is 5.73 Å². The van der Waals surface area contributed by atoms with E-state index in [1.165, 1.54) is 6.92 Å². The van der Waals surface area contributed by atoms with Gasteiger partial charge in [-0.2, -0.15) is 0 Å². The van der Waals surface area contributed by atoms with Gasteiger partial charge in [-0.05, 0) is 6.92 Å². The van der Waals surface area contributed by atoms with Crippen LogP contribution in [0.1, 0.15) is 12.6 Å². The Hall–Kier alpha value is -1.07. The molecule has 0 aliphatic rings. The van der Waals surface area contributed by atoms with E-state index in [0.717, 1.165) is 6.20 Å². The number of rotatable bonds is 2. The first-order chi connectivity index (χ1) is 5.97. The molecule has 0 bridgehead atoms. The van der Waals surface area contributed by atoms with Crippen molar-refractivity contribution in [1.29, 1.82) is 0 Å². The summed E-state index contributed by atoms with van der Waals surface area (Å²) in [5, 5.41) is 8.82. The molecule has 1 heterocycles. The van der Waals surface area contributed by atoms with E-state index in [0.29, 0.717) is 6.07 Å². The lowest BCUT2D eigenvalue weighted by Crippen LogP contribution is -2.38. The van der Waals surface area contributed by atoms with Gasteiger partial charge < -0.3 is 10.8 Å². The molecule has 13 heavy (non-hydrogen) atoms. The Labute approximate surface area is 74.2 Å². The SMILES string of the molecule is C[C@](N)(CO)c1ncc(F)cc1F. The predicted molar refractivity (Wildman–Crippen MR) is 42.8 cm³/mol. The van der Waals surface area contributed by atoms with Crippen molar-refractivity contribution in [3.05, 3.63) is 29.6 Å². The molecule has 0 aliphatic carbocycles. The maximum atomic E-state index is 13.0. The summed E-state index contributed by atoms with van der Waals surface area (Å²) in [6.45, 7) is 0.957. The van der Waals surface area contributed by atoms with Gasteiger partial charge in [0, 0.05) is 6.07 Å². The number of aliphatic hydroxyl groups is 1. The summed E-state index contributed by atoms with van der Waals surface area (Å²) in [7, 11) is 0. The van der Waals surface area contributed by atoms with Gasteiger partial charge in [0.15, 0.2) is 0 Å². The largest absolute Gasteiger partial charge is 0.394 e. The average molecular weight is 188 g/mol. The van der Waals surface area contributed by atoms with E-state index < -0.39 is 23.8 Å². The highest BCUT2D eigenvalue weighted by Crippen LogP contribution is 2.18. The fraction of sp³-hybridized carbons (Fsp3) is 0.375. The Morgan fingerprint density at radius 1 is 1.62 bits per heavy atom. The number of pyridine rings is 1. The zero-order valence-electron chi connectivity index (χ0n) is 7.09. The molecule has 1 rings (SSSR count). The van der Waals surface area contributed by atoms with E-state index in [4.69, 9.17) is 10.8 Å². The van der Waals surface area contributed by atoms with Crippen molar-refractivity contribution >= 4 is 0 Å². The smallest absolute Gasteiger partial charge is 0.149 e. The molecular weight excluding hydrogens is 178 g/mol. The molecule has 0 aromatic carbocycles. The van der Waals surface area contributed by atoms with Crippen LogP contribution in [-0.4, -0.2) is 16.7 Å². The minimum atomic E-state index is -1.28. The van der Waals surface area contributed by atoms with E-state index in [1.54, 1.807) is 0 Å². The Morgan fingerprint density at radius 3 is 2.69 bits per heavy atom. The molecule has 0 saturated carbocycles. The van der Waals surface area contributed by atoms with Gasteiger partial charge in [0.2, 0.25) is 0 Å². The van der Waals surface area contributed by atoms with E-state index in [2.05, 4.69) is 4.98 Å². The lowest BCUT2D eigenvalue weighted by molar-refractivity contribution is 0.202. The quantitative estimate of drug-likeness (QED) is 0.711. The second-order valence-corrected chi connectivity index (χ2v) is 3.06. The fourth-order valence-corrected chi connectivity index (χ4v) is 0.910. The maximum Gasteiger partial charge on any atom is 0.149 e. The maximum absolute atomic E-state index is 13.0. The molecule has 3 N–H and O–H groups in total. The molecule has 3 nitrogen and oxygen atoms in total. The van der Waals surface area contributed by atoms with Crippen LogP contribution < -0.4 is 5.73 Å². The van der Waals surface area contributed by atoms with Gasteiger partial charge in [0.05, 0.1) is 24.0 Å². The first-order valence-electron chi connectivity index (χ1n) is 3.68. The lowest BCUT2D eigenvalue weighted by atomic mass is 9.99. The molecule has 0 fully saturated rings. The summed E-state index contributed by atoms with van der Waals surface area (Å²) in [5.41, 5.74) is 4.09. The Kier molecular flexibility index (Phi) is 2.58. The summed E-state index contributed by atoms with van der Waals surface area (Å²) in [5.74, 6) is -1.62. The summed E-state index contributed by atoms with van der Waals surface area (Å²) in [6, 6.07) is 0.684. The van der Waals surface area contributed by atoms with E-state index >= 15 is 0 Å². The number of nitrogens with two attached hydrogens (primary N) is 1. The molecule has 1 aromatic heterocycles. The van der Waals surface area contributed by atoms with Crippen LogP contribution in [0, 0.1) is 11.6 Å². The van der Waals surface area contributed by atoms with Gasteiger partial charge >= 0.3 is 0 Å². The number of halogens is 2. The van der Waals surface area contributed by atoms with Crippen molar-refractivity contribution in [3.63, 3.8) is 0 Å². The number of nitrogens with zero attached hydrogens (tertiary/aromatic N) is 1. The van der Waals surface area contributed by atoms with Crippen molar-refractivity contribution in [3.8, 4) is 0 Å². The third kappa shape index (κ3) is 1.99. The number of aliphatic hydroxyl groups excluding tert-OH is 1. The third-order valence-corrected chi connectivity index (χ3v) is 1.68. The second kappa shape index (κ2) is 3.35.